The molecule has 1 N–H and O–H groups in total. The molecule has 124 valence electrons. The minimum atomic E-state index is 0.324. The summed E-state index contributed by atoms with van der Waals surface area (Å²) in [6, 6.07) is 11.0. The molecular weight excluding hydrogens is 282 g/mol. The van der Waals surface area contributed by atoms with Crippen molar-refractivity contribution >= 4 is 5.96 Å². The molecule has 1 aromatic carbocycles. The molecule has 23 heavy (non-hydrogen) atoms. The first-order valence-electron chi connectivity index (χ1n) is 9.27. The topological polar surface area (TPSA) is 27.6 Å². The molecule has 0 aromatic heterocycles. The van der Waals surface area contributed by atoms with E-state index in [1.165, 1.54) is 63.6 Å². The Labute approximate surface area is 140 Å². The Kier molecular flexibility index (Phi) is 3.82. The minimum Gasteiger partial charge on any atom is -0.355 e. The zero-order valence-corrected chi connectivity index (χ0v) is 14.4. The third-order valence-electron chi connectivity index (χ3n) is 6.65. The second kappa shape index (κ2) is 5.85. The summed E-state index contributed by atoms with van der Waals surface area (Å²) < 4.78 is 0. The molecule has 1 aliphatic heterocycles. The summed E-state index contributed by atoms with van der Waals surface area (Å²) in [6.07, 6.45) is 9.58. The number of benzene rings is 1. The number of rotatable bonds is 3. The van der Waals surface area contributed by atoms with E-state index in [2.05, 4.69) is 45.5 Å². The largest absolute Gasteiger partial charge is 0.355 e. The van der Waals surface area contributed by atoms with Gasteiger partial charge in [0.2, 0.25) is 0 Å². The third kappa shape index (κ3) is 2.64. The van der Waals surface area contributed by atoms with Crippen LogP contribution in [0.3, 0.4) is 0 Å². The Bertz CT molecular complexity index is 570. The molecule has 1 aromatic rings. The van der Waals surface area contributed by atoms with Crippen molar-refractivity contribution in [1.82, 2.24) is 10.2 Å². The van der Waals surface area contributed by atoms with Crippen LogP contribution in [0.5, 0.6) is 0 Å². The fourth-order valence-electron chi connectivity index (χ4n) is 4.74. The molecule has 3 nitrogen and oxygen atoms in total. The van der Waals surface area contributed by atoms with E-state index < -0.39 is 0 Å². The van der Waals surface area contributed by atoms with Crippen molar-refractivity contribution in [3.8, 4) is 0 Å². The van der Waals surface area contributed by atoms with E-state index in [1.807, 2.05) is 7.05 Å². The number of guanidine groups is 1. The number of hydrogen-bond acceptors (Lipinski definition) is 1. The van der Waals surface area contributed by atoms with Gasteiger partial charge in [-0.1, -0.05) is 43.2 Å². The lowest BCUT2D eigenvalue weighted by Crippen LogP contribution is -2.50. The van der Waals surface area contributed by atoms with Gasteiger partial charge in [0.05, 0.1) is 0 Å². The van der Waals surface area contributed by atoms with E-state index >= 15 is 0 Å². The van der Waals surface area contributed by atoms with Gasteiger partial charge >= 0.3 is 0 Å². The lowest BCUT2D eigenvalue weighted by Gasteiger charge is -2.43. The van der Waals surface area contributed by atoms with Crippen LogP contribution in [0.2, 0.25) is 0 Å². The molecule has 1 heterocycles. The fraction of sp³-hybridized carbons (Fsp3) is 0.650. The zero-order chi connectivity index (χ0) is 15.8. The number of likely N-dealkylation sites (tertiary alicyclic amines) is 1. The van der Waals surface area contributed by atoms with Gasteiger partial charge in [0.15, 0.2) is 5.96 Å². The van der Waals surface area contributed by atoms with Gasteiger partial charge in [0.1, 0.15) is 0 Å². The molecule has 2 saturated carbocycles. The van der Waals surface area contributed by atoms with E-state index in [4.69, 9.17) is 0 Å². The molecular formula is C20H29N3. The molecule has 1 saturated heterocycles. The summed E-state index contributed by atoms with van der Waals surface area (Å²) in [6.45, 7) is 3.41. The van der Waals surface area contributed by atoms with Gasteiger partial charge in [-0.15, -0.1) is 0 Å². The van der Waals surface area contributed by atoms with E-state index in [1.54, 1.807) is 0 Å². The van der Waals surface area contributed by atoms with Crippen LogP contribution >= 0.6 is 0 Å². The number of hydrogen-bond donors (Lipinski definition) is 1. The molecule has 1 spiro atoms. The lowest BCUT2D eigenvalue weighted by molar-refractivity contribution is 0.151. The van der Waals surface area contributed by atoms with Gasteiger partial charge in [0.25, 0.3) is 0 Å². The number of nitrogens with zero attached hydrogens (tertiary/aromatic N) is 2. The monoisotopic (exact) mass is 311 g/mol. The number of aliphatic imine (C=N–C) groups is 1. The highest BCUT2D eigenvalue weighted by Gasteiger charge is 2.44. The second-order valence-electron chi connectivity index (χ2n) is 7.93. The van der Waals surface area contributed by atoms with Crippen molar-refractivity contribution in [2.75, 3.05) is 26.7 Å². The molecule has 4 rings (SSSR count). The quantitative estimate of drug-likeness (QED) is 0.683. The Morgan fingerprint density at radius 2 is 1.83 bits per heavy atom. The van der Waals surface area contributed by atoms with Crippen molar-refractivity contribution in [3.05, 3.63) is 35.9 Å². The summed E-state index contributed by atoms with van der Waals surface area (Å²) >= 11 is 0. The SMILES string of the molecule is CN=C(NCC1(c2ccccc2)CCC1)N1CCC2(CCC2)C1. The maximum Gasteiger partial charge on any atom is 0.193 e. The number of nitrogens with one attached hydrogen (secondary N) is 1. The molecule has 3 heteroatoms. The van der Waals surface area contributed by atoms with Gasteiger partial charge in [-0.25, -0.2) is 0 Å². The van der Waals surface area contributed by atoms with Crippen LogP contribution in [-0.2, 0) is 5.41 Å². The third-order valence-corrected chi connectivity index (χ3v) is 6.65. The summed E-state index contributed by atoms with van der Waals surface area (Å²) in [5, 5.41) is 3.71. The summed E-state index contributed by atoms with van der Waals surface area (Å²) in [7, 11) is 1.93. The van der Waals surface area contributed by atoms with Crippen LogP contribution in [0.15, 0.2) is 35.3 Å². The predicted octanol–water partition coefficient (Wildman–Crippen LogP) is 3.56. The van der Waals surface area contributed by atoms with Gasteiger partial charge in [-0.05, 0) is 43.1 Å². The average molecular weight is 311 g/mol. The molecule has 0 unspecified atom stereocenters. The van der Waals surface area contributed by atoms with E-state index in [0.717, 1.165) is 12.5 Å². The molecule has 0 atom stereocenters. The van der Waals surface area contributed by atoms with Crippen molar-refractivity contribution in [2.45, 2.75) is 50.4 Å². The van der Waals surface area contributed by atoms with Crippen LogP contribution in [-0.4, -0.2) is 37.5 Å². The van der Waals surface area contributed by atoms with E-state index in [9.17, 15) is 0 Å². The lowest BCUT2D eigenvalue weighted by atomic mass is 9.64. The van der Waals surface area contributed by atoms with Crippen molar-refractivity contribution in [3.63, 3.8) is 0 Å². The van der Waals surface area contributed by atoms with Crippen LogP contribution in [0.1, 0.15) is 50.5 Å². The molecule has 2 aliphatic carbocycles. The van der Waals surface area contributed by atoms with Crippen LogP contribution in [0.4, 0.5) is 0 Å². The first kappa shape index (κ1) is 15.0. The fourth-order valence-corrected chi connectivity index (χ4v) is 4.74. The molecule has 0 amide bonds. The van der Waals surface area contributed by atoms with Crippen LogP contribution in [0.25, 0.3) is 0 Å². The standard InChI is InChI=1S/C20H29N3/c1-21-18(23-14-13-19(16-23)9-5-10-19)22-15-20(11-6-12-20)17-7-3-2-4-8-17/h2-4,7-8H,5-6,9-16H2,1H3,(H,21,22). The summed E-state index contributed by atoms with van der Waals surface area (Å²) in [4.78, 5) is 7.08. The highest BCUT2D eigenvalue weighted by Crippen LogP contribution is 2.48. The average Bonchev–Trinajstić information content (AvgIpc) is 2.97. The first-order chi connectivity index (χ1) is 11.3. The van der Waals surface area contributed by atoms with Crippen LogP contribution in [0, 0.1) is 5.41 Å². The van der Waals surface area contributed by atoms with Gasteiger partial charge in [-0.2, -0.15) is 0 Å². The van der Waals surface area contributed by atoms with Crippen molar-refractivity contribution < 1.29 is 0 Å². The Hall–Kier alpha value is -1.51. The first-order valence-corrected chi connectivity index (χ1v) is 9.27. The highest BCUT2D eigenvalue weighted by molar-refractivity contribution is 5.80. The molecule has 3 fully saturated rings. The van der Waals surface area contributed by atoms with Gasteiger partial charge < -0.3 is 10.2 Å². The Morgan fingerprint density at radius 1 is 1.09 bits per heavy atom. The minimum absolute atomic E-state index is 0.324. The zero-order valence-electron chi connectivity index (χ0n) is 14.4. The maximum atomic E-state index is 4.58. The maximum absolute atomic E-state index is 4.58. The normalized spacial score (nSPS) is 25.1. The van der Waals surface area contributed by atoms with Gasteiger partial charge in [-0.3, -0.25) is 4.99 Å². The summed E-state index contributed by atoms with van der Waals surface area (Å²) in [5.41, 5.74) is 2.45. The predicted molar refractivity (Wildman–Crippen MR) is 95.8 cm³/mol. The van der Waals surface area contributed by atoms with E-state index in [-0.39, 0.29) is 0 Å². The molecule has 0 bridgehead atoms. The van der Waals surface area contributed by atoms with Crippen molar-refractivity contribution in [2.24, 2.45) is 10.4 Å². The highest BCUT2D eigenvalue weighted by atomic mass is 15.3. The molecule has 3 aliphatic rings. The second-order valence-corrected chi connectivity index (χ2v) is 7.93. The smallest absolute Gasteiger partial charge is 0.193 e. The Morgan fingerprint density at radius 3 is 2.35 bits per heavy atom. The van der Waals surface area contributed by atoms with Gasteiger partial charge in [0, 0.05) is 32.1 Å². The molecule has 0 radical (unpaired) electrons. The van der Waals surface area contributed by atoms with Crippen molar-refractivity contribution in [1.29, 1.82) is 0 Å². The Balaban J connectivity index is 1.41. The summed E-state index contributed by atoms with van der Waals surface area (Å²) in [5.74, 6) is 1.12. The van der Waals surface area contributed by atoms with Crippen LogP contribution < -0.4 is 5.32 Å². The van der Waals surface area contributed by atoms with E-state index in [0.29, 0.717) is 10.8 Å².